The molecule has 1 aromatic carbocycles. The molecular weight excluding hydrogens is 1010 g/mol. The molecule has 0 aliphatic carbocycles. The Labute approximate surface area is 426 Å². The van der Waals surface area contributed by atoms with E-state index in [0.29, 0.717) is 17.7 Å². The lowest BCUT2D eigenvalue weighted by Crippen LogP contribution is -2.65. The monoisotopic (exact) mass is 1080 g/mol. The maximum absolute atomic E-state index is 11.8. The lowest BCUT2D eigenvalue weighted by atomic mass is 9.86. The molecule has 14 N–H and O–H groups in total. The SMILES string of the molecule is CC(C)(OC[C@H]1O[C@@H](OCCn2cc(COc3cc(C=O)cc(OCc4cn(CCO[C@@H]5O[C@H](CO)[C@@H](O)[C@H](O)[C@H]5O)nn4)c3)nn2)[C@H](O)[C@@H](O)[C@@H]1O)[C@@H]1O[C@H](CO[C@@H]2O[C@H](CO)[C@@H](O)[C@H](O)[C@H]2O)[C@@H](O)[C@H](O)[C@H]1O. The van der Waals surface area contributed by atoms with E-state index in [1.165, 1.54) is 41.4 Å². The van der Waals surface area contributed by atoms with E-state index in [9.17, 15) is 76.3 Å². The quantitative estimate of drug-likeness (QED) is 0.0371. The van der Waals surface area contributed by atoms with Gasteiger partial charge in [-0.2, -0.15) is 0 Å². The minimum absolute atomic E-state index is 0.0373. The summed E-state index contributed by atoms with van der Waals surface area (Å²) in [5, 5.41) is 160. The first-order valence-electron chi connectivity index (χ1n) is 23.9. The van der Waals surface area contributed by atoms with E-state index >= 15 is 0 Å². The highest BCUT2D eigenvalue weighted by molar-refractivity contribution is 5.76. The van der Waals surface area contributed by atoms with Gasteiger partial charge in [-0.3, -0.25) is 4.79 Å². The Morgan fingerprint density at radius 3 is 1.40 bits per heavy atom. The van der Waals surface area contributed by atoms with Crippen molar-refractivity contribution >= 4 is 6.29 Å². The molecule has 7 rings (SSSR count). The first-order valence-corrected chi connectivity index (χ1v) is 23.9. The van der Waals surface area contributed by atoms with Crippen LogP contribution in [0.3, 0.4) is 0 Å². The summed E-state index contributed by atoms with van der Waals surface area (Å²) in [4.78, 5) is 11.8. The molecule has 75 heavy (non-hydrogen) atoms. The first-order chi connectivity index (χ1) is 35.7. The molecule has 2 aromatic heterocycles. The van der Waals surface area contributed by atoms with Crippen molar-refractivity contribution in [2.24, 2.45) is 0 Å². The third kappa shape index (κ3) is 14.1. The van der Waals surface area contributed by atoms with Crippen molar-refractivity contribution in [2.75, 3.05) is 39.6 Å². The van der Waals surface area contributed by atoms with Crippen LogP contribution in [0.5, 0.6) is 11.5 Å². The van der Waals surface area contributed by atoms with Crippen molar-refractivity contribution < 1.29 is 124 Å². The fraction of sp³-hybridized carbons (Fsp3) is 0.750. The lowest BCUT2D eigenvalue weighted by molar-refractivity contribution is -0.326. The summed E-state index contributed by atoms with van der Waals surface area (Å²) in [6.07, 6.45) is -27.4. The number of rotatable bonds is 24. The van der Waals surface area contributed by atoms with Crippen molar-refractivity contribution in [3.63, 3.8) is 0 Å². The molecule has 4 aliphatic rings. The number of hydrogen-bond donors (Lipinski definition) is 14. The third-order valence-corrected chi connectivity index (χ3v) is 13.0. The normalized spacial score (nSPS) is 36.6. The predicted octanol–water partition coefficient (Wildman–Crippen LogP) is -8.06. The number of carbonyl (C=O) groups excluding carboxylic acids is 1. The predicted molar refractivity (Wildman–Crippen MR) is 239 cm³/mol. The molecule has 422 valence electrons. The molecule has 20 atom stereocenters. The summed E-state index contributed by atoms with van der Waals surface area (Å²) in [7, 11) is 0. The van der Waals surface area contributed by atoms with Gasteiger partial charge in [0.2, 0.25) is 0 Å². The average molecular weight is 1080 g/mol. The average Bonchev–Trinajstić information content (AvgIpc) is 4.07. The van der Waals surface area contributed by atoms with Gasteiger partial charge in [0.05, 0.1) is 70.7 Å². The van der Waals surface area contributed by atoms with Gasteiger partial charge in [0.1, 0.15) is 146 Å². The molecule has 0 radical (unpaired) electrons. The first kappa shape index (κ1) is 58.6. The van der Waals surface area contributed by atoms with Gasteiger partial charge >= 0.3 is 0 Å². The maximum atomic E-state index is 11.8. The molecule has 4 aliphatic heterocycles. The molecular formula is C44H66N6O25. The molecule has 0 unspecified atom stereocenters. The standard InChI is InChI=1S/C44H66N6O25/c1-44(2,40-36(62)32(58)30(56)26(72-40)17-70-43-39(65)34(60)29(55)25(14-53)74-43)71-18-27-31(57)35(61)38(64)42(75-27)67-6-4-50-11-21(46-48-50)16-69-23-8-19(12-51)7-22(9-23)68-15-20-10-49(47-45-20)3-5-66-41-37(63)33(59)28(54)24(13-52)73-41/h7-12,24-43,52-65H,3-6,13-18H2,1-2H3/t24-,25-,26-,27-,28-,29-,30-,31-,32+,33+,34+,35+,36-,37-,38-,39-,40-,41-,42-,43-/m1/s1. The van der Waals surface area contributed by atoms with E-state index in [1.807, 2.05) is 0 Å². The number of ether oxygens (including phenoxy) is 10. The number of benzene rings is 1. The summed E-state index contributed by atoms with van der Waals surface area (Å²) in [6.45, 7) is 0.439. The highest BCUT2D eigenvalue weighted by Gasteiger charge is 2.53. The molecule has 0 saturated carbocycles. The lowest BCUT2D eigenvalue weighted by Gasteiger charge is -2.48. The number of aliphatic hydroxyl groups excluding tert-OH is 14. The Kier molecular flexibility index (Phi) is 20.3. The van der Waals surface area contributed by atoms with Crippen molar-refractivity contribution in [3.8, 4) is 11.5 Å². The molecule has 0 spiro atoms. The van der Waals surface area contributed by atoms with Gasteiger partial charge in [0.15, 0.2) is 18.9 Å². The van der Waals surface area contributed by atoms with Crippen molar-refractivity contribution in [1.82, 2.24) is 30.0 Å². The summed E-state index contributed by atoms with van der Waals surface area (Å²) >= 11 is 0. The molecule has 3 aromatic rings. The maximum Gasteiger partial charge on any atom is 0.186 e. The third-order valence-electron chi connectivity index (χ3n) is 13.0. The van der Waals surface area contributed by atoms with E-state index in [2.05, 4.69) is 20.6 Å². The number of carbonyl (C=O) groups is 1. The number of aromatic nitrogens is 6. The van der Waals surface area contributed by atoms with Gasteiger partial charge < -0.3 is 119 Å². The fourth-order valence-corrected chi connectivity index (χ4v) is 8.53. The zero-order valence-electron chi connectivity index (χ0n) is 40.5. The van der Waals surface area contributed by atoms with Crippen LogP contribution in [0, 0.1) is 0 Å². The van der Waals surface area contributed by atoms with Crippen LogP contribution in [-0.4, -0.2) is 276 Å². The van der Waals surface area contributed by atoms with Crippen LogP contribution in [-0.2, 0) is 64.2 Å². The van der Waals surface area contributed by atoms with E-state index in [-0.39, 0.29) is 56.6 Å². The Bertz CT molecular complexity index is 2240. The second kappa shape index (κ2) is 26.0. The van der Waals surface area contributed by atoms with Crippen LogP contribution in [0.25, 0.3) is 0 Å². The van der Waals surface area contributed by atoms with Gasteiger partial charge in [-0.05, 0) is 26.0 Å². The van der Waals surface area contributed by atoms with Gasteiger partial charge in [-0.1, -0.05) is 10.4 Å². The van der Waals surface area contributed by atoms with E-state index < -0.39 is 155 Å². The molecule has 0 amide bonds. The molecule has 4 fully saturated rings. The Hall–Kier alpha value is -4.11. The summed E-state index contributed by atoms with van der Waals surface area (Å²) in [5.41, 5.74) is -0.506. The smallest absolute Gasteiger partial charge is 0.186 e. The Morgan fingerprint density at radius 2 is 0.947 bits per heavy atom. The summed E-state index contributed by atoms with van der Waals surface area (Å²) < 4.78 is 59.6. The van der Waals surface area contributed by atoms with Gasteiger partial charge in [-0.25, -0.2) is 9.36 Å². The van der Waals surface area contributed by atoms with Crippen molar-refractivity contribution in [1.29, 1.82) is 0 Å². The minimum Gasteiger partial charge on any atom is -0.487 e. The number of hydrogen-bond acceptors (Lipinski definition) is 29. The van der Waals surface area contributed by atoms with Crippen LogP contribution in [0.4, 0.5) is 0 Å². The van der Waals surface area contributed by atoms with Gasteiger partial charge in [-0.15, -0.1) is 10.2 Å². The zero-order valence-corrected chi connectivity index (χ0v) is 40.5. The minimum atomic E-state index is -1.80. The zero-order chi connectivity index (χ0) is 54.3. The van der Waals surface area contributed by atoms with Gasteiger partial charge in [0.25, 0.3) is 0 Å². The van der Waals surface area contributed by atoms with Crippen molar-refractivity contribution in [2.45, 2.75) is 168 Å². The van der Waals surface area contributed by atoms with Crippen LogP contribution in [0.15, 0.2) is 30.6 Å². The van der Waals surface area contributed by atoms with Crippen LogP contribution in [0.1, 0.15) is 35.6 Å². The van der Waals surface area contributed by atoms with Crippen LogP contribution < -0.4 is 9.47 Å². The number of aliphatic hydroxyl groups is 14. The van der Waals surface area contributed by atoms with Gasteiger partial charge in [0, 0.05) is 11.6 Å². The molecule has 31 heteroatoms. The summed E-state index contributed by atoms with van der Waals surface area (Å²) in [6, 6.07) is 4.51. The van der Waals surface area contributed by atoms with E-state index in [0.717, 1.165) is 0 Å². The molecule has 4 saturated heterocycles. The van der Waals surface area contributed by atoms with Crippen molar-refractivity contribution in [3.05, 3.63) is 47.5 Å². The summed E-state index contributed by atoms with van der Waals surface area (Å²) in [5.74, 6) is 0.528. The molecule has 6 heterocycles. The van der Waals surface area contributed by atoms with Crippen LogP contribution in [0.2, 0.25) is 0 Å². The topological polar surface area (TPSA) is 454 Å². The van der Waals surface area contributed by atoms with E-state index in [1.54, 1.807) is 12.4 Å². The largest absolute Gasteiger partial charge is 0.487 e. The van der Waals surface area contributed by atoms with E-state index in [4.69, 9.17) is 47.4 Å². The highest BCUT2D eigenvalue weighted by atomic mass is 16.7. The fourth-order valence-electron chi connectivity index (χ4n) is 8.53. The highest BCUT2D eigenvalue weighted by Crippen LogP contribution is 2.33. The van der Waals surface area contributed by atoms with Crippen LogP contribution >= 0.6 is 0 Å². The second-order valence-electron chi connectivity index (χ2n) is 18.8. The second-order valence-corrected chi connectivity index (χ2v) is 18.8. The molecule has 31 nitrogen and oxygen atoms in total. The molecule has 0 bridgehead atoms. The number of nitrogens with zero attached hydrogens (tertiary/aromatic N) is 6. The Balaban J connectivity index is 0.848. The number of aldehydes is 1. The Morgan fingerprint density at radius 1 is 0.533 bits per heavy atom.